The number of hydrogen-bond donors (Lipinski definition) is 1. The van der Waals surface area contributed by atoms with Crippen molar-refractivity contribution < 1.29 is 14.6 Å². The molecule has 0 spiro atoms. The molecule has 3 aromatic rings. The fourth-order valence-corrected chi connectivity index (χ4v) is 5.57. The Balaban J connectivity index is 1.53. The highest BCUT2D eigenvalue weighted by Crippen LogP contribution is 2.49. The maximum absolute atomic E-state index is 13.4. The van der Waals surface area contributed by atoms with Crippen LogP contribution in [0.5, 0.6) is 5.75 Å². The van der Waals surface area contributed by atoms with E-state index in [2.05, 4.69) is 42.3 Å². The fourth-order valence-electron chi connectivity index (χ4n) is 5.57. The van der Waals surface area contributed by atoms with E-state index in [1.165, 1.54) is 5.56 Å². The Morgan fingerprint density at radius 3 is 2.45 bits per heavy atom. The number of amides is 1. The van der Waals surface area contributed by atoms with Crippen LogP contribution >= 0.6 is 0 Å². The van der Waals surface area contributed by atoms with Gasteiger partial charge in [0.2, 0.25) is 5.91 Å². The van der Waals surface area contributed by atoms with Crippen molar-refractivity contribution in [2.45, 2.75) is 24.9 Å². The Labute approximate surface area is 195 Å². The van der Waals surface area contributed by atoms with Crippen molar-refractivity contribution in [2.24, 2.45) is 5.92 Å². The number of nitrogens with zero attached hydrogens (tertiary/aromatic N) is 2. The van der Waals surface area contributed by atoms with Gasteiger partial charge in [-0.25, -0.2) is 0 Å². The zero-order chi connectivity index (χ0) is 22.9. The van der Waals surface area contributed by atoms with Gasteiger partial charge in [-0.1, -0.05) is 48.5 Å². The number of hydrogen-bond acceptors (Lipinski definition) is 4. The highest BCUT2D eigenvalue weighted by atomic mass is 16.5. The molecular formula is C28H30N2O3. The molecule has 3 atom stereocenters. The van der Waals surface area contributed by atoms with Gasteiger partial charge < -0.3 is 19.6 Å². The number of methoxy groups -OCH3 is 1. The molecule has 3 aromatic carbocycles. The molecule has 1 fully saturated rings. The van der Waals surface area contributed by atoms with Crippen LogP contribution in [0.3, 0.4) is 0 Å². The van der Waals surface area contributed by atoms with Crippen LogP contribution < -0.4 is 9.64 Å². The van der Waals surface area contributed by atoms with Crippen LogP contribution in [0.2, 0.25) is 0 Å². The smallest absolute Gasteiger partial charge is 0.227 e. The van der Waals surface area contributed by atoms with E-state index in [-0.39, 0.29) is 30.5 Å². The average Bonchev–Trinajstić information content (AvgIpc) is 3.30. The van der Waals surface area contributed by atoms with Gasteiger partial charge in [0.25, 0.3) is 0 Å². The van der Waals surface area contributed by atoms with Crippen molar-refractivity contribution in [3.05, 3.63) is 83.9 Å². The van der Waals surface area contributed by atoms with E-state index < -0.39 is 0 Å². The van der Waals surface area contributed by atoms with E-state index in [0.29, 0.717) is 6.42 Å². The molecule has 2 aliphatic heterocycles. The number of carbonyl (C=O) groups is 1. The zero-order valence-corrected chi connectivity index (χ0v) is 19.1. The van der Waals surface area contributed by atoms with Crippen LogP contribution in [0, 0.1) is 5.92 Å². The molecule has 170 valence electrons. The molecule has 5 heteroatoms. The molecule has 0 unspecified atom stereocenters. The van der Waals surface area contributed by atoms with Gasteiger partial charge in [-0.3, -0.25) is 4.79 Å². The number of aliphatic hydroxyl groups excluding tert-OH is 1. The number of benzene rings is 3. The van der Waals surface area contributed by atoms with Crippen molar-refractivity contribution in [3.8, 4) is 16.9 Å². The minimum absolute atomic E-state index is 0.00358. The topological polar surface area (TPSA) is 53.0 Å². The molecule has 0 aromatic heterocycles. The molecule has 5 nitrogen and oxygen atoms in total. The predicted octanol–water partition coefficient (Wildman–Crippen LogP) is 4.31. The summed E-state index contributed by atoms with van der Waals surface area (Å²) in [6, 6.07) is 24.5. The molecule has 5 rings (SSSR count). The summed E-state index contributed by atoms with van der Waals surface area (Å²) in [4.78, 5) is 17.7. The molecule has 33 heavy (non-hydrogen) atoms. The standard InChI is InChI=1S/C28H30N2O3/c1-29-25-13-10-21(20-8-11-22(33-2)12-9-20)17-24(25)28-23(26(29)18-31)14-15-30(28)27(32)16-19-6-4-3-5-7-19/h3-13,17,23,26,28,31H,14-16,18H2,1-2H3/t23-,26-,28-/m0/s1. The van der Waals surface area contributed by atoms with Gasteiger partial charge in [0, 0.05) is 25.2 Å². The number of fused-ring (bicyclic) bond motifs is 3. The molecule has 2 aliphatic rings. The minimum atomic E-state index is -0.0252. The van der Waals surface area contributed by atoms with Crippen LogP contribution in [0.15, 0.2) is 72.8 Å². The first-order valence-electron chi connectivity index (χ1n) is 11.6. The molecule has 1 saturated heterocycles. The van der Waals surface area contributed by atoms with Crippen molar-refractivity contribution >= 4 is 11.6 Å². The van der Waals surface area contributed by atoms with E-state index in [0.717, 1.165) is 41.1 Å². The summed E-state index contributed by atoms with van der Waals surface area (Å²) in [5.74, 6) is 1.19. The van der Waals surface area contributed by atoms with Crippen LogP contribution in [0.4, 0.5) is 5.69 Å². The Kier molecular flexibility index (Phi) is 5.81. The number of carbonyl (C=O) groups excluding carboxylic acids is 1. The number of anilines is 1. The molecule has 0 radical (unpaired) electrons. The van der Waals surface area contributed by atoms with E-state index in [1.54, 1.807) is 7.11 Å². The SMILES string of the molecule is COc1ccc(-c2ccc3c(c2)[C@@H]2[C@@H](CCN2C(=O)Cc2ccccc2)[C@H](CO)N3C)cc1. The van der Waals surface area contributed by atoms with Crippen molar-refractivity contribution in [2.75, 3.05) is 32.2 Å². The lowest BCUT2D eigenvalue weighted by molar-refractivity contribution is -0.132. The fraction of sp³-hybridized carbons (Fsp3) is 0.321. The van der Waals surface area contributed by atoms with Crippen molar-refractivity contribution in [1.82, 2.24) is 4.90 Å². The maximum Gasteiger partial charge on any atom is 0.227 e. The second-order valence-corrected chi connectivity index (χ2v) is 9.01. The van der Waals surface area contributed by atoms with Gasteiger partial charge in [-0.05, 0) is 52.9 Å². The maximum atomic E-state index is 13.4. The second kappa shape index (κ2) is 8.91. The first-order valence-corrected chi connectivity index (χ1v) is 11.6. The molecule has 1 amide bonds. The van der Waals surface area contributed by atoms with Gasteiger partial charge in [0.1, 0.15) is 5.75 Å². The number of likely N-dealkylation sites (N-methyl/N-ethyl adjacent to an activating group) is 1. The normalized spacial score (nSPS) is 21.5. The summed E-state index contributed by atoms with van der Waals surface area (Å²) in [5, 5.41) is 10.2. The van der Waals surface area contributed by atoms with Gasteiger partial charge >= 0.3 is 0 Å². The first-order chi connectivity index (χ1) is 16.1. The molecule has 0 aliphatic carbocycles. The van der Waals surface area contributed by atoms with Crippen molar-refractivity contribution in [3.63, 3.8) is 0 Å². The molecule has 2 heterocycles. The number of ether oxygens (including phenoxy) is 1. The average molecular weight is 443 g/mol. The summed E-state index contributed by atoms with van der Waals surface area (Å²) in [6.45, 7) is 0.801. The molecule has 1 N–H and O–H groups in total. The van der Waals surface area contributed by atoms with Crippen LogP contribution in [0.25, 0.3) is 11.1 Å². The lowest BCUT2D eigenvalue weighted by atomic mass is 9.81. The molecule has 0 saturated carbocycles. The first kappa shape index (κ1) is 21.5. The molecule has 0 bridgehead atoms. The monoisotopic (exact) mass is 442 g/mol. The van der Waals surface area contributed by atoms with Gasteiger partial charge in [0.15, 0.2) is 0 Å². The Morgan fingerprint density at radius 2 is 1.76 bits per heavy atom. The van der Waals surface area contributed by atoms with Crippen LogP contribution in [-0.2, 0) is 11.2 Å². The quantitative estimate of drug-likeness (QED) is 0.640. The van der Waals surface area contributed by atoms with Crippen LogP contribution in [0.1, 0.15) is 23.6 Å². The Morgan fingerprint density at radius 1 is 1.03 bits per heavy atom. The van der Waals surface area contributed by atoms with Gasteiger partial charge in [-0.15, -0.1) is 0 Å². The Bertz CT molecular complexity index is 1130. The highest BCUT2D eigenvalue weighted by molar-refractivity contribution is 5.81. The van der Waals surface area contributed by atoms with Crippen LogP contribution in [-0.4, -0.2) is 49.3 Å². The van der Waals surface area contributed by atoms with Gasteiger partial charge in [0.05, 0.1) is 32.2 Å². The molecular weight excluding hydrogens is 412 g/mol. The summed E-state index contributed by atoms with van der Waals surface area (Å²) in [7, 11) is 3.72. The van der Waals surface area contributed by atoms with E-state index >= 15 is 0 Å². The summed E-state index contributed by atoms with van der Waals surface area (Å²) >= 11 is 0. The third-order valence-electron chi connectivity index (χ3n) is 7.29. The predicted molar refractivity (Wildman–Crippen MR) is 130 cm³/mol. The third-order valence-corrected chi connectivity index (χ3v) is 7.29. The highest BCUT2D eigenvalue weighted by Gasteiger charge is 2.47. The summed E-state index contributed by atoms with van der Waals surface area (Å²) in [5.41, 5.74) is 5.52. The van der Waals surface area contributed by atoms with E-state index in [1.807, 2.05) is 47.4 Å². The Hall–Kier alpha value is -3.31. The second-order valence-electron chi connectivity index (χ2n) is 9.01. The number of rotatable bonds is 5. The van der Waals surface area contributed by atoms with E-state index in [9.17, 15) is 9.90 Å². The lowest BCUT2D eigenvalue weighted by Crippen LogP contribution is -2.48. The largest absolute Gasteiger partial charge is 0.497 e. The van der Waals surface area contributed by atoms with E-state index in [4.69, 9.17) is 4.74 Å². The minimum Gasteiger partial charge on any atom is -0.497 e. The lowest BCUT2D eigenvalue weighted by Gasteiger charge is -2.44. The summed E-state index contributed by atoms with van der Waals surface area (Å²) in [6.07, 6.45) is 1.30. The third kappa shape index (κ3) is 3.87. The number of likely N-dealkylation sites (tertiary alicyclic amines) is 1. The zero-order valence-electron chi connectivity index (χ0n) is 19.1. The summed E-state index contributed by atoms with van der Waals surface area (Å²) < 4.78 is 5.31. The van der Waals surface area contributed by atoms with Gasteiger partial charge in [-0.2, -0.15) is 0 Å². The number of aliphatic hydroxyl groups is 1. The van der Waals surface area contributed by atoms with Crippen molar-refractivity contribution in [1.29, 1.82) is 0 Å².